The molecule has 0 saturated carbocycles. The molecule has 2 aromatic carbocycles. The minimum atomic E-state index is -0.660. The monoisotopic (exact) mass is 865 g/mol. The number of methoxy groups -OCH3 is 1. The number of nitrogens with zero attached hydrogens (tertiary/aromatic N) is 9. The third kappa shape index (κ3) is 9.36. The predicted molar refractivity (Wildman–Crippen MR) is 235 cm³/mol. The van der Waals surface area contributed by atoms with Crippen molar-refractivity contribution in [2.45, 2.75) is 65.5 Å². The molecule has 4 aromatic heterocycles. The number of imidazole rings is 2. The van der Waals surface area contributed by atoms with Crippen molar-refractivity contribution in [3.63, 3.8) is 0 Å². The molecule has 19 nitrogen and oxygen atoms in total. The number of allylic oxidation sites excluding steroid dienone is 2. The lowest BCUT2D eigenvalue weighted by atomic mass is 10.1. The lowest BCUT2D eigenvalue weighted by molar-refractivity contribution is 0.0991. The Balaban J connectivity index is 1.25. The minimum absolute atomic E-state index is 0.189. The molecule has 0 spiro atoms. The first-order valence-electron chi connectivity index (χ1n) is 20.4. The number of ether oxygens (including phenoxy) is 2. The molecule has 1 aliphatic rings. The highest BCUT2D eigenvalue weighted by atomic mass is 32.2. The SMILES string of the molecule is CCn1nc(C)cc1C(=O)Nc1nc2cc(C(N)=O)cc(OC)c2n1C/C=C/Cn1c(SC(=O)c2cc(C)nn2CC)nc2cc(C(N)=O)cc(OCCCN3CCNCC3)c21. The van der Waals surface area contributed by atoms with Crippen molar-refractivity contribution >= 4 is 62.6 Å². The van der Waals surface area contributed by atoms with Gasteiger partial charge in [0.25, 0.3) is 5.91 Å². The maximum Gasteiger partial charge on any atom is 0.276 e. The molecule has 0 aliphatic carbocycles. The number of anilines is 1. The van der Waals surface area contributed by atoms with Crippen LogP contribution in [0.2, 0.25) is 0 Å². The van der Waals surface area contributed by atoms with E-state index in [1.165, 1.54) is 13.2 Å². The van der Waals surface area contributed by atoms with E-state index in [0.717, 1.165) is 50.9 Å². The topological polar surface area (TPSA) is 237 Å². The lowest BCUT2D eigenvalue weighted by Crippen LogP contribution is -2.43. The van der Waals surface area contributed by atoms with E-state index in [9.17, 15) is 19.2 Å². The molecule has 7 rings (SSSR count). The van der Waals surface area contributed by atoms with E-state index in [0.29, 0.717) is 81.2 Å². The summed E-state index contributed by atoms with van der Waals surface area (Å²) >= 11 is 0.950. The first kappa shape index (κ1) is 43.6. The Kier molecular flexibility index (Phi) is 13.4. The van der Waals surface area contributed by atoms with Crippen molar-refractivity contribution in [2.75, 3.05) is 51.8 Å². The summed E-state index contributed by atoms with van der Waals surface area (Å²) in [6, 6.07) is 9.74. The highest BCUT2D eigenvalue weighted by Crippen LogP contribution is 2.35. The number of rotatable bonds is 18. The molecule has 0 unspecified atom stereocenters. The van der Waals surface area contributed by atoms with Crippen molar-refractivity contribution in [1.82, 2.24) is 48.9 Å². The summed E-state index contributed by atoms with van der Waals surface area (Å²) in [4.78, 5) is 64.3. The van der Waals surface area contributed by atoms with Crippen LogP contribution in [0.3, 0.4) is 0 Å². The number of amides is 3. The van der Waals surface area contributed by atoms with Crippen LogP contribution < -0.4 is 31.6 Å². The van der Waals surface area contributed by atoms with Gasteiger partial charge in [0.2, 0.25) is 22.9 Å². The molecule has 0 radical (unpaired) electrons. The van der Waals surface area contributed by atoms with Crippen LogP contribution in [0.25, 0.3) is 22.1 Å². The number of hydrogen-bond acceptors (Lipinski definition) is 13. The summed E-state index contributed by atoms with van der Waals surface area (Å²) in [6.07, 6.45) is 4.52. The summed E-state index contributed by atoms with van der Waals surface area (Å²) in [6.45, 7) is 13.9. The number of benzene rings is 2. The zero-order valence-electron chi connectivity index (χ0n) is 35.4. The summed E-state index contributed by atoms with van der Waals surface area (Å²) in [5.74, 6) is -0.781. The fraction of sp³-hybridized carbons (Fsp3) is 0.381. The Morgan fingerprint density at radius 1 is 0.806 bits per heavy atom. The standard InChI is InChI=1S/C42H51N13O6S/c1-6-54-31(19-25(3)49-54)39(58)48-41-46-29-21-27(37(43)56)23-33(60-5)35(29)52(41)14-8-9-15-53-36-30(47-42(53)62-40(59)32-20-26(4)50-55(32)7-2)22-28(38(44)57)24-34(36)61-18-10-13-51-16-11-45-12-17-51/h8-9,19-24,45H,6-7,10-18H2,1-5H3,(H2,43,56)(H2,44,57)(H,46,48,58)/b9-8+. The van der Waals surface area contributed by atoms with Gasteiger partial charge in [0, 0.05) is 70.0 Å². The number of carbonyl (C=O) groups excluding carboxylic acids is 4. The molecule has 6 aromatic rings. The first-order chi connectivity index (χ1) is 29.9. The van der Waals surface area contributed by atoms with Crippen molar-refractivity contribution in [2.24, 2.45) is 11.5 Å². The maximum atomic E-state index is 13.9. The molecule has 326 valence electrons. The van der Waals surface area contributed by atoms with Gasteiger partial charge in [-0.15, -0.1) is 0 Å². The summed E-state index contributed by atoms with van der Waals surface area (Å²) in [5.41, 5.74) is 16.0. The molecule has 20 heteroatoms. The number of nitrogens with two attached hydrogens (primary N) is 2. The molecule has 5 heterocycles. The van der Waals surface area contributed by atoms with Gasteiger partial charge >= 0.3 is 0 Å². The highest BCUT2D eigenvalue weighted by molar-refractivity contribution is 8.14. The van der Waals surface area contributed by atoms with Gasteiger partial charge in [0.1, 0.15) is 33.9 Å². The second kappa shape index (κ2) is 19.0. The van der Waals surface area contributed by atoms with Crippen LogP contribution in [0.1, 0.15) is 73.3 Å². The zero-order chi connectivity index (χ0) is 44.1. The Labute approximate surface area is 361 Å². The van der Waals surface area contributed by atoms with Gasteiger partial charge in [-0.3, -0.25) is 33.9 Å². The average molecular weight is 866 g/mol. The third-order valence-electron chi connectivity index (χ3n) is 10.5. The predicted octanol–water partition coefficient (Wildman–Crippen LogP) is 3.76. The van der Waals surface area contributed by atoms with E-state index < -0.39 is 17.7 Å². The number of fused-ring (bicyclic) bond motifs is 2. The van der Waals surface area contributed by atoms with E-state index in [-0.39, 0.29) is 35.3 Å². The second-order valence-corrected chi connectivity index (χ2v) is 15.7. The number of primary amides is 2. The number of piperazine rings is 1. The molecular formula is C42H51N13O6S. The van der Waals surface area contributed by atoms with Crippen LogP contribution in [-0.4, -0.2) is 113 Å². The second-order valence-electron chi connectivity index (χ2n) is 14.8. The van der Waals surface area contributed by atoms with Crippen LogP contribution in [0, 0.1) is 13.8 Å². The van der Waals surface area contributed by atoms with Crippen molar-refractivity contribution in [1.29, 1.82) is 0 Å². The van der Waals surface area contributed by atoms with Gasteiger partial charge in [0.15, 0.2) is 5.16 Å². The number of aryl methyl sites for hydroxylation is 4. The summed E-state index contributed by atoms with van der Waals surface area (Å²) < 4.78 is 19.0. The summed E-state index contributed by atoms with van der Waals surface area (Å²) in [5, 5.41) is 15.3. The molecule has 6 N–H and O–H groups in total. The van der Waals surface area contributed by atoms with Crippen LogP contribution >= 0.6 is 11.8 Å². The summed E-state index contributed by atoms with van der Waals surface area (Å²) in [7, 11) is 1.47. The number of thioether (sulfide) groups is 1. The van der Waals surface area contributed by atoms with Gasteiger partial charge in [-0.1, -0.05) is 12.2 Å². The van der Waals surface area contributed by atoms with Gasteiger partial charge in [-0.25, -0.2) is 9.97 Å². The normalized spacial score (nSPS) is 13.4. The lowest BCUT2D eigenvalue weighted by Gasteiger charge is -2.27. The van der Waals surface area contributed by atoms with Crippen LogP contribution in [0.4, 0.5) is 5.95 Å². The van der Waals surface area contributed by atoms with E-state index >= 15 is 0 Å². The Bertz CT molecular complexity index is 2690. The third-order valence-corrected chi connectivity index (χ3v) is 11.3. The smallest absolute Gasteiger partial charge is 0.276 e. The van der Waals surface area contributed by atoms with Crippen molar-refractivity contribution < 1.29 is 28.7 Å². The molecule has 0 atom stereocenters. The molecule has 62 heavy (non-hydrogen) atoms. The Morgan fingerprint density at radius 2 is 1.39 bits per heavy atom. The van der Waals surface area contributed by atoms with Crippen LogP contribution in [-0.2, 0) is 26.2 Å². The largest absolute Gasteiger partial charge is 0.494 e. The first-order valence-corrected chi connectivity index (χ1v) is 21.3. The molecular weight excluding hydrogens is 815 g/mol. The highest BCUT2D eigenvalue weighted by Gasteiger charge is 2.24. The van der Waals surface area contributed by atoms with Gasteiger partial charge in [-0.2, -0.15) is 10.2 Å². The van der Waals surface area contributed by atoms with E-state index in [1.807, 2.05) is 44.4 Å². The number of aromatic nitrogens is 8. The zero-order valence-corrected chi connectivity index (χ0v) is 36.3. The number of hydrogen-bond donors (Lipinski definition) is 4. The van der Waals surface area contributed by atoms with E-state index in [4.69, 9.17) is 30.9 Å². The molecule has 1 aliphatic heterocycles. The molecule has 0 bridgehead atoms. The van der Waals surface area contributed by atoms with Crippen molar-refractivity contribution in [3.8, 4) is 11.5 Å². The van der Waals surface area contributed by atoms with E-state index in [2.05, 4.69) is 25.7 Å². The van der Waals surface area contributed by atoms with Gasteiger partial charge < -0.3 is 40.3 Å². The van der Waals surface area contributed by atoms with E-state index in [1.54, 1.807) is 44.3 Å². The minimum Gasteiger partial charge on any atom is -0.494 e. The number of nitrogens with one attached hydrogen (secondary N) is 2. The Morgan fingerprint density at radius 3 is 2.02 bits per heavy atom. The van der Waals surface area contributed by atoms with Crippen LogP contribution in [0.5, 0.6) is 11.5 Å². The molecule has 1 saturated heterocycles. The van der Waals surface area contributed by atoms with Crippen molar-refractivity contribution in [3.05, 3.63) is 82.5 Å². The van der Waals surface area contributed by atoms with Crippen LogP contribution in [0.15, 0.2) is 53.7 Å². The quantitative estimate of drug-likeness (QED) is 0.0548. The van der Waals surface area contributed by atoms with Gasteiger partial charge in [-0.05, 0) is 82.3 Å². The molecule has 3 amide bonds. The fourth-order valence-corrected chi connectivity index (χ4v) is 8.35. The Hall–Kier alpha value is -6.51. The maximum absolute atomic E-state index is 13.9. The van der Waals surface area contributed by atoms with Gasteiger partial charge in [0.05, 0.1) is 36.1 Å². The number of carbonyl (C=O) groups is 4. The molecule has 1 fully saturated rings. The average Bonchev–Trinajstić information content (AvgIpc) is 4.03. The fourth-order valence-electron chi connectivity index (χ4n) is 7.50.